The van der Waals surface area contributed by atoms with Crippen LogP contribution >= 0.6 is 11.8 Å². The van der Waals surface area contributed by atoms with Crippen LogP contribution in [0.15, 0.2) is 35.6 Å². The number of rotatable bonds is 5. The van der Waals surface area contributed by atoms with Crippen molar-refractivity contribution < 1.29 is 4.79 Å². The van der Waals surface area contributed by atoms with Gasteiger partial charge in [-0.1, -0.05) is 43.3 Å². The highest BCUT2D eigenvalue weighted by atomic mass is 32.2. The highest BCUT2D eigenvalue weighted by molar-refractivity contribution is 7.98. The Morgan fingerprint density at radius 1 is 1.33 bits per heavy atom. The molecule has 4 nitrogen and oxygen atoms in total. The number of anilines is 1. The molecule has 5 heteroatoms. The fraction of sp³-hybridized carbons (Fsp3) is 0.312. The Kier molecular flexibility index (Phi) is 5.33. The third kappa shape index (κ3) is 3.82. The summed E-state index contributed by atoms with van der Waals surface area (Å²) in [6.07, 6.45) is 5.26. The van der Waals surface area contributed by atoms with E-state index < -0.39 is 0 Å². The Balaban J connectivity index is 2.28. The van der Waals surface area contributed by atoms with E-state index in [0.717, 1.165) is 29.8 Å². The number of aryl methyl sites for hydroxylation is 2. The number of amides is 1. The molecule has 0 radical (unpaired) electrons. The standard InChI is InChI=1S/C16H19N3OS/c1-4-7-14-12(10-17-16(19-14)21-3)15(20)18-13-9-6-5-8-11(13)2/h5-6,8-10H,4,7H2,1-3H3,(H,18,20). The van der Waals surface area contributed by atoms with Crippen LogP contribution in [0.25, 0.3) is 0 Å². The number of carbonyl (C=O) groups is 1. The van der Waals surface area contributed by atoms with Gasteiger partial charge < -0.3 is 5.32 Å². The van der Waals surface area contributed by atoms with Crippen molar-refractivity contribution in [2.24, 2.45) is 0 Å². The maximum atomic E-state index is 12.5. The van der Waals surface area contributed by atoms with E-state index in [1.54, 1.807) is 6.20 Å². The summed E-state index contributed by atoms with van der Waals surface area (Å²) in [4.78, 5) is 21.1. The summed E-state index contributed by atoms with van der Waals surface area (Å²) in [6, 6.07) is 7.71. The van der Waals surface area contributed by atoms with Gasteiger partial charge in [0.1, 0.15) is 0 Å². The van der Waals surface area contributed by atoms with Crippen molar-refractivity contribution in [2.45, 2.75) is 31.8 Å². The van der Waals surface area contributed by atoms with Crippen LogP contribution in [0.4, 0.5) is 5.69 Å². The lowest BCUT2D eigenvalue weighted by Gasteiger charge is -2.11. The zero-order valence-electron chi connectivity index (χ0n) is 12.5. The molecule has 0 aliphatic heterocycles. The first-order valence-electron chi connectivity index (χ1n) is 6.92. The number of nitrogens with one attached hydrogen (secondary N) is 1. The summed E-state index contributed by atoms with van der Waals surface area (Å²) in [6.45, 7) is 4.04. The molecule has 1 aromatic heterocycles. The van der Waals surface area contributed by atoms with E-state index in [-0.39, 0.29) is 5.91 Å². The molecule has 0 aliphatic carbocycles. The van der Waals surface area contributed by atoms with Gasteiger partial charge in [-0.25, -0.2) is 9.97 Å². The lowest BCUT2D eigenvalue weighted by atomic mass is 10.1. The Bertz CT molecular complexity index is 643. The molecule has 1 N–H and O–H groups in total. The molecule has 1 aromatic carbocycles. The molecule has 0 fully saturated rings. The second-order valence-corrected chi connectivity index (χ2v) is 5.51. The molecular formula is C16H19N3OS. The third-order valence-electron chi connectivity index (χ3n) is 3.15. The first-order valence-corrected chi connectivity index (χ1v) is 8.15. The molecule has 110 valence electrons. The second-order valence-electron chi connectivity index (χ2n) is 4.74. The topological polar surface area (TPSA) is 54.9 Å². The van der Waals surface area contributed by atoms with Gasteiger partial charge in [0.05, 0.1) is 11.3 Å². The minimum Gasteiger partial charge on any atom is -0.322 e. The van der Waals surface area contributed by atoms with Crippen LogP contribution in [0, 0.1) is 6.92 Å². The number of benzene rings is 1. The van der Waals surface area contributed by atoms with Crippen molar-refractivity contribution in [3.63, 3.8) is 0 Å². The average Bonchev–Trinajstić information content (AvgIpc) is 2.49. The molecule has 0 saturated heterocycles. The van der Waals surface area contributed by atoms with Crippen LogP contribution < -0.4 is 5.32 Å². The predicted octanol–water partition coefficient (Wildman–Crippen LogP) is 3.71. The van der Waals surface area contributed by atoms with Crippen LogP contribution in [-0.4, -0.2) is 22.1 Å². The summed E-state index contributed by atoms with van der Waals surface area (Å²) in [5.41, 5.74) is 3.21. The Hall–Kier alpha value is -1.88. The number of hydrogen-bond acceptors (Lipinski definition) is 4. The molecule has 0 atom stereocenters. The maximum absolute atomic E-state index is 12.5. The predicted molar refractivity (Wildman–Crippen MR) is 86.9 cm³/mol. The van der Waals surface area contributed by atoms with Crippen LogP contribution in [0.3, 0.4) is 0 Å². The molecule has 2 rings (SSSR count). The van der Waals surface area contributed by atoms with Gasteiger partial charge in [0.25, 0.3) is 5.91 Å². The lowest BCUT2D eigenvalue weighted by molar-refractivity contribution is 0.102. The molecular weight excluding hydrogens is 282 g/mol. The van der Waals surface area contributed by atoms with Gasteiger partial charge >= 0.3 is 0 Å². The highest BCUT2D eigenvalue weighted by Crippen LogP contribution is 2.18. The van der Waals surface area contributed by atoms with Crippen molar-refractivity contribution in [3.8, 4) is 0 Å². The number of nitrogens with zero attached hydrogens (tertiary/aromatic N) is 2. The van der Waals surface area contributed by atoms with E-state index in [9.17, 15) is 4.79 Å². The molecule has 0 aliphatic rings. The van der Waals surface area contributed by atoms with Gasteiger partial charge in [-0.2, -0.15) is 0 Å². The minimum absolute atomic E-state index is 0.152. The number of aromatic nitrogens is 2. The number of hydrogen-bond donors (Lipinski definition) is 1. The van der Waals surface area contributed by atoms with Crippen LogP contribution in [0.1, 0.15) is 35.0 Å². The van der Waals surface area contributed by atoms with E-state index in [2.05, 4.69) is 22.2 Å². The van der Waals surface area contributed by atoms with E-state index in [1.165, 1.54) is 11.8 Å². The van der Waals surface area contributed by atoms with Gasteiger partial charge in [-0.05, 0) is 31.2 Å². The van der Waals surface area contributed by atoms with Crippen LogP contribution in [0.5, 0.6) is 0 Å². The molecule has 21 heavy (non-hydrogen) atoms. The van der Waals surface area contributed by atoms with Gasteiger partial charge in [-0.15, -0.1) is 0 Å². The molecule has 0 unspecified atom stereocenters. The summed E-state index contributed by atoms with van der Waals surface area (Å²) in [5, 5.41) is 3.64. The molecule has 2 aromatic rings. The fourth-order valence-corrected chi connectivity index (χ4v) is 2.38. The van der Waals surface area contributed by atoms with Crippen molar-refractivity contribution in [2.75, 3.05) is 11.6 Å². The van der Waals surface area contributed by atoms with Crippen LogP contribution in [0.2, 0.25) is 0 Å². The van der Waals surface area contributed by atoms with E-state index >= 15 is 0 Å². The fourth-order valence-electron chi connectivity index (χ4n) is 2.02. The van der Waals surface area contributed by atoms with Gasteiger partial charge in [0.2, 0.25) is 0 Å². The van der Waals surface area contributed by atoms with Crippen molar-refractivity contribution in [3.05, 3.63) is 47.3 Å². The molecule has 0 bridgehead atoms. The molecule has 1 heterocycles. The monoisotopic (exact) mass is 301 g/mol. The first-order chi connectivity index (χ1) is 10.2. The van der Waals surface area contributed by atoms with E-state index in [1.807, 2.05) is 37.4 Å². The van der Waals surface area contributed by atoms with E-state index in [0.29, 0.717) is 10.7 Å². The summed E-state index contributed by atoms with van der Waals surface area (Å²) in [7, 11) is 0. The number of para-hydroxylation sites is 1. The molecule has 1 amide bonds. The summed E-state index contributed by atoms with van der Waals surface area (Å²) >= 11 is 1.48. The highest BCUT2D eigenvalue weighted by Gasteiger charge is 2.15. The third-order valence-corrected chi connectivity index (χ3v) is 3.71. The van der Waals surface area contributed by atoms with Gasteiger partial charge in [0, 0.05) is 11.9 Å². The van der Waals surface area contributed by atoms with Crippen molar-refractivity contribution >= 4 is 23.4 Å². The number of carbonyl (C=O) groups excluding carboxylic acids is 1. The maximum Gasteiger partial charge on any atom is 0.259 e. The first kappa shape index (κ1) is 15.5. The SMILES string of the molecule is CCCc1nc(SC)ncc1C(=O)Nc1ccccc1C. The second kappa shape index (κ2) is 7.22. The van der Waals surface area contributed by atoms with Crippen molar-refractivity contribution in [1.82, 2.24) is 9.97 Å². The quantitative estimate of drug-likeness (QED) is 0.675. The number of thioether (sulfide) groups is 1. The lowest BCUT2D eigenvalue weighted by Crippen LogP contribution is -2.16. The normalized spacial score (nSPS) is 10.4. The smallest absolute Gasteiger partial charge is 0.259 e. The Labute approximate surface area is 129 Å². The van der Waals surface area contributed by atoms with Crippen molar-refractivity contribution in [1.29, 1.82) is 0 Å². The Morgan fingerprint density at radius 3 is 2.76 bits per heavy atom. The zero-order valence-corrected chi connectivity index (χ0v) is 13.3. The van der Waals surface area contributed by atoms with E-state index in [4.69, 9.17) is 0 Å². The molecule has 0 saturated carbocycles. The average molecular weight is 301 g/mol. The molecule has 0 spiro atoms. The minimum atomic E-state index is -0.152. The summed E-state index contributed by atoms with van der Waals surface area (Å²) in [5.74, 6) is -0.152. The largest absolute Gasteiger partial charge is 0.322 e. The van der Waals surface area contributed by atoms with Gasteiger partial charge in [-0.3, -0.25) is 4.79 Å². The zero-order chi connectivity index (χ0) is 15.2. The Morgan fingerprint density at radius 2 is 2.10 bits per heavy atom. The van der Waals surface area contributed by atoms with Gasteiger partial charge in [0.15, 0.2) is 5.16 Å². The summed E-state index contributed by atoms with van der Waals surface area (Å²) < 4.78 is 0. The van der Waals surface area contributed by atoms with Crippen LogP contribution in [-0.2, 0) is 6.42 Å².